The van der Waals surface area contributed by atoms with Gasteiger partial charge in [0.2, 0.25) is 5.91 Å². The van der Waals surface area contributed by atoms with Gasteiger partial charge in [0.05, 0.1) is 23.9 Å². The summed E-state index contributed by atoms with van der Waals surface area (Å²) in [5, 5.41) is 12.4. The number of nitrogens with one attached hydrogen (secondary N) is 1. The van der Waals surface area contributed by atoms with Crippen LogP contribution in [-0.2, 0) is 14.6 Å². The maximum absolute atomic E-state index is 11.8. The van der Waals surface area contributed by atoms with Gasteiger partial charge in [-0.15, -0.1) is 11.8 Å². The Morgan fingerprint density at radius 1 is 1.35 bits per heavy atom. The molecule has 20 heavy (non-hydrogen) atoms. The van der Waals surface area contributed by atoms with Crippen molar-refractivity contribution in [3.8, 4) is 0 Å². The van der Waals surface area contributed by atoms with Gasteiger partial charge in [-0.25, -0.2) is 8.42 Å². The summed E-state index contributed by atoms with van der Waals surface area (Å²) in [6.45, 7) is 0.660. The molecule has 0 aromatic carbocycles. The molecule has 2 aliphatic rings. The van der Waals surface area contributed by atoms with Gasteiger partial charge in [0.1, 0.15) is 0 Å². The number of carbonyl (C=O) groups is 1. The summed E-state index contributed by atoms with van der Waals surface area (Å²) >= 11 is 1.43. The zero-order chi connectivity index (χ0) is 14.6. The van der Waals surface area contributed by atoms with E-state index in [-0.39, 0.29) is 34.7 Å². The van der Waals surface area contributed by atoms with Crippen LogP contribution < -0.4 is 5.32 Å². The molecule has 1 unspecified atom stereocenters. The molecule has 0 aromatic heterocycles. The molecule has 0 radical (unpaired) electrons. The molecule has 1 atom stereocenters. The highest BCUT2D eigenvalue weighted by Crippen LogP contribution is 2.36. The largest absolute Gasteiger partial charge is 0.396 e. The van der Waals surface area contributed by atoms with Gasteiger partial charge in [-0.05, 0) is 19.3 Å². The van der Waals surface area contributed by atoms with Crippen LogP contribution in [0.1, 0.15) is 32.1 Å². The van der Waals surface area contributed by atoms with E-state index in [1.165, 1.54) is 11.8 Å². The van der Waals surface area contributed by atoms with Gasteiger partial charge in [-0.3, -0.25) is 4.79 Å². The minimum Gasteiger partial charge on any atom is -0.396 e. The van der Waals surface area contributed by atoms with Crippen molar-refractivity contribution in [3.63, 3.8) is 0 Å². The zero-order valence-electron chi connectivity index (χ0n) is 11.6. The van der Waals surface area contributed by atoms with Crippen LogP contribution in [0.2, 0.25) is 0 Å². The van der Waals surface area contributed by atoms with Crippen LogP contribution in [0, 0.1) is 5.41 Å². The maximum Gasteiger partial charge on any atom is 0.230 e. The number of hydrogen-bond donors (Lipinski definition) is 2. The van der Waals surface area contributed by atoms with E-state index in [0.29, 0.717) is 18.7 Å². The van der Waals surface area contributed by atoms with Gasteiger partial charge in [-0.1, -0.05) is 12.8 Å². The molecular formula is C13H23NO4S2. The van der Waals surface area contributed by atoms with Gasteiger partial charge < -0.3 is 10.4 Å². The first-order valence-electron chi connectivity index (χ1n) is 7.14. The minimum atomic E-state index is -2.87. The summed E-state index contributed by atoms with van der Waals surface area (Å²) < 4.78 is 22.6. The van der Waals surface area contributed by atoms with Crippen molar-refractivity contribution in [3.05, 3.63) is 0 Å². The molecular weight excluding hydrogens is 298 g/mol. The van der Waals surface area contributed by atoms with Crippen molar-refractivity contribution in [2.45, 2.75) is 37.4 Å². The van der Waals surface area contributed by atoms with Gasteiger partial charge in [0.15, 0.2) is 9.84 Å². The number of rotatable bonds is 6. The molecule has 116 valence electrons. The fourth-order valence-electron chi connectivity index (χ4n) is 2.94. The first kappa shape index (κ1) is 16.1. The molecule has 0 spiro atoms. The molecule has 2 rings (SSSR count). The van der Waals surface area contributed by atoms with E-state index < -0.39 is 9.84 Å². The smallest absolute Gasteiger partial charge is 0.230 e. The van der Waals surface area contributed by atoms with Crippen molar-refractivity contribution < 1.29 is 18.3 Å². The molecule has 1 heterocycles. The SMILES string of the molecule is O=C(CSC1CCS(=O)(=O)C1)NCC1(CO)CCCC1. The zero-order valence-corrected chi connectivity index (χ0v) is 13.3. The Morgan fingerprint density at radius 3 is 2.60 bits per heavy atom. The lowest BCUT2D eigenvalue weighted by molar-refractivity contribution is -0.119. The van der Waals surface area contributed by atoms with Gasteiger partial charge in [0, 0.05) is 17.2 Å². The van der Waals surface area contributed by atoms with E-state index >= 15 is 0 Å². The monoisotopic (exact) mass is 321 g/mol. The third-order valence-electron chi connectivity index (χ3n) is 4.30. The molecule has 1 aliphatic heterocycles. The molecule has 1 saturated carbocycles. The van der Waals surface area contributed by atoms with Gasteiger partial charge in [0.25, 0.3) is 0 Å². The predicted molar refractivity (Wildman–Crippen MR) is 80.5 cm³/mol. The number of carbonyl (C=O) groups excluding carboxylic acids is 1. The summed E-state index contributed by atoms with van der Waals surface area (Å²) in [6, 6.07) is 0. The summed E-state index contributed by atoms with van der Waals surface area (Å²) in [6.07, 6.45) is 4.83. The Balaban J connectivity index is 1.68. The number of amides is 1. The van der Waals surface area contributed by atoms with Crippen LogP contribution >= 0.6 is 11.8 Å². The van der Waals surface area contributed by atoms with Crippen molar-refractivity contribution in [1.82, 2.24) is 5.32 Å². The van der Waals surface area contributed by atoms with Crippen LogP contribution in [0.15, 0.2) is 0 Å². The topological polar surface area (TPSA) is 83.5 Å². The highest BCUT2D eigenvalue weighted by molar-refractivity contribution is 8.02. The maximum atomic E-state index is 11.8. The average molecular weight is 321 g/mol. The van der Waals surface area contributed by atoms with Crippen molar-refractivity contribution in [1.29, 1.82) is 0 Å². The van der Waals surface area contributed by atoms with Crippen molar-refractivity contribution in [2.75, 3.05) is 30.4 Å². The summed E-state index contributed by atoms with van der Waals surface area (Å²) in [7, 11) is -2.87. The molecule has 0 aromatic rings. The van der Waals surface area contributed by atoms with Crippen molar-refractivity contribution in [2.24, 2.45) is 5.41 Å². The highest BCUT2D eigenvalue weighted by atomic mass is 32.2. The number of sulfone groups is 1. The van der Waals surface area contributed by atoms with Crippen LogP contribution in [0.5, 0.6) is 0 Å². The first-order valence-corrected chi connectivity index (χ1v) is 10.0. The van der Waals surface area contributed by atoms with E-state index in [1.807, 2.05) is 0 Å². The molecule has 2 fully saturated rings. The normalized spacial score (nSPS) is 27.6. The van der Waals surface area contributed by atoms with Crippen LogP contribution in [0.4, 0.5) is 0 Å². The second-order valence-corrected chi connectivity index (χ2v) is 9.50. The standard InChI is InChI=1S/C13H23NO4S2/c15-10-13(4-1-2-5-13)9-14-12(16)7-19-11-3-6-20(17,18)8-11/h11,15H,1-10H2,(H,14,16). The minimum absolute atomic E-state index is 0.0565. The molecule has 7 heteroatoms. The highest BCUT2D eigenvalue weighted by Gasteiger charge is 2.33. The van der Waals surface area contributed by atoms with E-state index in [2.05, 4.69) is 5.32 Å². The Hall–Kier alpha value is -0.270. The second-order valence-electron chi connectivity index (χ2n) is 5.98. The lowest BCUT2D eigenvalue weighted by Gasteiger charge is -2.26. The number of thioether (sulfide) groups is 1. The number of aliphatic hydroxyl groups excluding tert-OH is 1. The predicted octanol–water partition coefficient (Wildman–Crippen LogP) is 0.576. The van der Waals surface area contributed by atoms with E-state index in [9.17, 15) is 18.3 Å². The second kappa shape index (κ2) is 6.66. The average Bonchev–Trinajstić information content (AvgIpc) is 3.01. The van der Waals surface area contributed by atoms with E-state index in [1.54, 1.807) is 0 Å². The molecule has 0 bridgehead atoms. The van der Waals surface area contributed by atoms with Gasteiger partial charge in [-0.2, -0.15) is 0 Å². The quantitative estimate of drug-likeness (QED) is 0.747. The molecule has 2 N–H and O–H groups in total. The molecule has 1 aliphatic carbocycles. The Kier molecular flexibility index (Phi) is 5.36. The Labute approximate surface area is 124 Å². The lowest BCUT2D eigenvalue weighted by Crippen LogP contribution is -2.39. The molecule has 1 amide bonds. The third kappa shape index (κ3) is 4.36. The van der Waals surface area contributed by atoms with Crippen molar-refractivity contribution >= 4 is 27.5 Å². The molecule has 5 nitrogen and oxygen atoms in total. The van der Waals surface area contributed by atoms with Gasteiger partial charge >= 0.3 is 0 Å². The third-order valence-corrected chi connectivity index (χ3v) is 7.58. The lowest BCUT2D eigenvalue weighted by atomic mass is 9.87. The number of hydrogen-bond acceptors (Lipinski definition) is 5. The number of aliphatic hydroxyl groups is 1. The fraction of sp³-hybridized carbons (Fsp3) is 0.923. The summed E-state index contributed by atoms with van der Waals surface area (Å²) in [5.41, 5.74) is -0.128. The Morgan fingerprint density at radius 2 is 2.05 bits per heavy atom. The van der Waals surface area contributed by atoms with E-state index in [0.717, 1.165) is 25.7 Å². The summed E-state index contributed by atoms with van der Waals surface area (Å²) in [5.74, 6) is 0.701. The summed E-state index contributed by atoms with van der Waals surface area (Å²) in [4.78, 5) is 11.8. The fourth-order valence-corrected chi connectivity index (χ4v) is 6.41. The Bertz CT molecular complexity index is 443. The van der Waals surface area contributed by atoms with Crippen LogP contribution in [-0.4, -0.2) is 55.1 Å². The van der Waals surface area contributed by atoms with Crippen LogP contribution in [0.25, 0.3) is 0 Å². The molecule has 1 saturated heterocycles. The van der Waals surface area contributed by atoms with E-state index in [4.69, 9.17) is 0 Å². The first-order chi connectivity index (χ1) is 9.45. The van der Waals surface area contributed by atoms with Crippen LogP contribution in [0.3, 0.4) is 0 Å².